The third-order valence-electron chi connectivity index (χ3n) is 4.62. The van der Waals surface area contributed by atoms with Crippen LogP contribution in [0.5, 0.6) is 0 Å². The van der Waals surface area contributed by atoms with Gasteiger partial charge in [-0.3, -0.25) is 9.59 Å². The van der Waals surface area contributed by atoms with Crippen LogP contribution in [-0.2, 0) is 30.9 Å². The number of fused-ring (bicyclic) bond motifs is 3. The monoisotopic (exact) mass is 301 g/mol. The highest BCUT2D eigenvalue weighted by atomic mass is 16.5. The van der Waals surface area contributed by atoms with Gasteiger partial charge in [-0.1, -0.05) is 18.2 Å². The second-order valence-corrected chi connectivity index (χ2v) is 5.72. The van der Waals surface area contributed by atoms with E-state index in [4.69, 9.17) is 9.47 Å². The number of methoxy groups -OCH3 is 2. The Balaban J connectivity index is 2.34. The maximum Gasteiger partial charge on any atom is 0.329 e. The van der Waals surface area contributed by atoms with Gasteiger partial charge in [-0.15, -0.1) is 0 Å². The largest absolute Gasteiger partial charge is 0.468 e. The molecule has 2 aromatic rings. The van der Waals surface area contributed by atoms with E-state index in [2.05, 4.69) is 4.98 Å². The highest BCUT2D eigenvalue weighted by Gasteiger charge is 2.54. The number of aromatic nitrogens is 1. The molecular formula is C17H19NO4. The van der Waals surface area contributed by atoms with Crippen LogP contribution in [0.15, 0.2) is 18.2 Å². The molecule has 22 heavy (non-hydrogen) atoms. The second-order valence-electron chi connectivity index (χ2n) is 5.72. The van der Waals surface area contributed by atoms with Crippen LogP contribution in [0.2, 0.25) is 0 Å². The zero-order valence-electron chi connectivity index (χ0n) is 13.0. The fourth-order valence-electron chi connectivity index (χ4n) is 3.54. The van der Waals surface area contributed by atoms with Gasteiger partial charge in [-0.25, -0.2) is 0 Å². The highest BCUT2D eigenvalue weighted by molar-refractivity contribution is 6.08. The summed E-state index contributed by atoms with van der Waals surface area (Å²) in [6, 6.07) is 6.00. The predicted octanol–water partition coefficient (Wildman–Crippen LogP) is 2.40. The van der Waals surface area contributed by atoms with Crippen molar-refractivity contribution in [1.29, 1.82) is 0 Å². The Bertz CT molecular complexity index is 743. The first kappa shape index (κ1) is 14.6. The zero-order valence-corrected chi connectivity index (χ0v) is 13.0. The minimum absolute atomic E-state index is 0.394. The van der Waals surface area contributed by atoms with Crippen molar-refractivity contribution in [2.24, 2.45) is 0 Å². The standard InChI is InChI=1S/C17H19NO4/c1-10-6-4-7-11-12-8-5-9-17(15(19)21-2,16(20)22-3)14(12)18-13(10)11/h4,6-7,18H,5,8-9H2,1-3H3. The number of aryl methyl sites for hydroxylation is 2. The Morgan fingerprint density at radius 1 is 1.18 bits per heavy atom. The number of ether oxygens (including phenoxy) is 2. The lowest BCUT2D eigenvalue weighted by Gasteiger charge is -2.31. The van der Waals surface area contributed by atoms with E-state index < -0.39 is 17.4 Å². The number of esters is 2. The first-order valence-corrected chi connectivity index (χ1v) is 7.33. The Hall–Kier alpha value is -2.30. The van der Waals surface area contributed by atoms with E-state index in [0.717, 1.165) is 34.9 Å². The lowest BCUT2D eigenvalue weighted by Crippen LogP contribution is -2.48. The quantitative estimate of drug-likeness (QED) is 0.683. The van der Waals surface area contributed by atoms with Gasteiger partial charge in [-0.2, -0.15) is 0 Å². The average molecular weight is 301 g/mol. The Morgan fingerprint density at radius 2 is 1.86 bits per heavy atom. The molecule has 1 aliphatic carbocycles. The topological polar surface area (TPSA) is 68.4 Å². The summed E-state index contributed by atoms with van der Waals surface area (Å²) in [7, 11) is 2.60. The maximum absolute atomic E-state index is 12.5. The number of rotatable bonds is 2. The van der Waals surface area contributed by atoms with E-state index in [1.54, 1.807) is 0 Å². The van der Waals surface area contributed by atoms with Crippen molar-refractivity contribution in [1.82, 2.24) is 4.98 Å². The second kappa shape index (κ2) is 5.16. The summed E-state index contributed by atoms with van der Waals surface area (Å²) in [4.78, 5) is 28.2. The highest BCUT2D eigenvalue weighted by Crippen LogP contribution is 2.42. The smallest absolute Gasteiger partial charge is 0.329 e. The van der Waals surface area contributed by atoms with Crippen LogP contribution < -0.4 is 0 Å². The molecule has 5 nitrogen and oxygen atoms in total. The van der Waals surface area contributed by atoms with Crippen LogP contribution in [0.1, 0.15) is 29.7 Å². The summed E-state index contributed by atoms with van der Waals surface area (Å²) in [5.41, 5.74) is 2.30. The maximum atomic E-state index is 12.5. The molecule has 0 saturated heterocycles. The summed E-state index contributed by atoms with van der Waals surface area (Å²) in [5.74, 6) is -1.13. The molecule has 116 valence electrons. The average Bonchev–Trinajstić information content (AvgIpc) is 2.93. The van der Waals surface area contributed by atoms with Gasteiger partial charge in [0.05, 0.1) is 14.2 Å². The van der Waals surface area contributed by atoms with E-state index in [1.807, 2.05) is 25.1 Å². The van der Waals surface area contributed by atoms with E-state index in [-0.39, 0.29) is 0 Å². The number of benzene rings is 1. The van der Waals surface area contributed by atoms with Crippen molar-refractivity contribution in [3.05, 3.63) is 35.0 Å². The van der Waals surface area contributed by atoms with Gasteiger partial charge in [0.1, 0.15) is 0 Å². The lowest BCUT2D eigenvalue weighted by atomic mass is 9.73. The molecule has 1 heterocycles. The minimum atomic E-state index is -1.39. The molecule has 5 heteroatoms. The van der Waals surface area contributed by atoms with Crippen molar-refractivity contribution in [2.75, 3.05) is 14.2 Å². The molecule has 3 rings (SSSR count). The number of para-hydroxylation sites is 1. The van der Waals surface area contributed by atoms with Crippen LogP contribution in [-0.4, -0.2) is 31.1 Å². The normalized spacial score (nSPS) is 16.1. The molecule has 0 bridgehead atoms. The van der Waals surface area contributed by atoms with E-state index in [9.17, 15) is 9.59 Å². The lowest BCUT2D eigenvalue weighted by molar-refractivity contribution is -0.163. The summed E-state index contributed by atoms with van der Waals surface area (Å²) < 4.78 is 9.88. The Kier molecular flexibility index (Phi) is 3.43. The molecule has 0 amide bonds. The summed E-state index contributed by atoms with van der Waals surface area (Å²) in [6.45, 7) is 2.00. The molecule has 1 aromatic carbocycles. The molecule has 0 saturated carbocycles. The fourth-order valence-corrected chi connectivity index (χ4v) is 3.54. The number of hydrogen-bond donors (Lipinski definition) is 1. The number of hydrogen-bond acceptors (Lipinski definition) is 4. The van der Waals surface area contributed by atoms with Crippen molar-refractivity contribution in [3.8, 4) is 0 Å². The zero-order chi connectivity index (χ0) is 15.9. The van der Waals surface area contributed by atoms with E-state index in [1.165, 1.54) is 14.2 Å². The first-order chi connectivity index (χ1) is 10.6. The van der Waals surface area contributed by atoms with Gasteiger partial charge < -0.3 is 14.5 Å². The molecule has 0 fully saturated rings. The molecule has 1 N–H and O–H groups in total. The third-order valence-corrected chi connectivity index (χ3v) is 4.62. The molecule has 1 aliphatic rings. The minimum Gasteiger partial charge on any atom is -0.468 e. The SMILES string of the molecule is COC(=O)C1(C(=O)OC)CCCc2c1[nH]c1c(C)cccc21. The van der Waals surface area contributed by atoms with Gasteiger partial charge in [-0.05, 0) is 37.3 Å². The van der Waals surface area contributed by atoms with Crippen molar-refractivity contribution >= 4 is 22.8 Å². The number of nitrogens with one attached hydrogen (secondary N) is 1. The fraction of sp³-hybridized carbons (Fsp3) is 0.412. The number of carbonyl (C=O) groups excluding carboxylic acids is 2. The molecule has 0 spiro atoms. The number of H-pyrrole nitrogens is 1. The number of aromatic amines is 1. The number of carbonyl (C=O) groups is 2. The van der Waals surface area contributed by atoms with Crippen molar-refractivity contribution < 1.29 is 19.1 Å². The van der Waals surface area contributed by atoms with Crippen LogP contribution >= 0.6 is 0 Å². The molecule has 0 radical (unpaired) electrons. The first-order valence-electron chi connectivity index (χ1n) is 7.33. The van der Waals surface area contributed by atoms with Crippen LogP contribution in [0.3, 0.4) is 0 Å². The molecule has 0 unspecified atom stereocenters. The van der Waals surface area contributed by atoms with Gasteiger partial charge in [0, 0.05) is 16.6 Å². The summed E-state index contributed by atoms with van der Waals surface area (Å²) in [6.07, 6.45) is 1.96. The Labute approximate surface area is 128 Å². The Morgan fingerprint density at radius 3 is 2.50 bits per heavy atom. The van der Waals surface area contributed by atoms with Crippen molar-refractivity contribution in [2.45, 2.75) is 31.6 Å². The third kappa shape index (κ3) is 1.78. The van der Waals surface area contributed by atoms with Crippen LogP contribution in [0.25, 0.3) is 10.9 Å². The molecule has 0 atom stereocenters. The summed E-state index contributed by atoms with van der Waals surface area (Å²) in [5, 5.41) is 1.06. The molecular weight excluding hydrogens is 282 g/mol. The van der Waals surface area contributed by atoms with Gasteiger partial charge in [0.25, 0.3) is 0 Å². The van der Waals surface area contributed by atoms with E-state index >= 15 is 0 Å². The van der Waals surface area contributed by atoms with Crippen LogP contribution in [0, 0.1) is 6.92 Å². The van der Waals surface area contributed by atoms with E-state index in [0.29, 0.717) is 12.1 Å². The molecule has 0 aliphatic heterocycles. The summed E-state index contributed by atoms with van der Waals surface area (Å²) >= 11 is 0. The van der Waals surface area contributed by atoms with Crippen LogP contribution in [0.4, 0.5) is 0 Å². The van der Waals surface area contributed by atoms with Gasteiger partial charge in [0.2, 0.25) is 5.41 Å². The van der Waals surface area contributed by atoms with Gasteiger partial charge in [0.15, 0.2) is 0 Å². The molecule has 1 aromatic heterocycles. The van der Waals surface area contributed by atoms with Gasteiger partial charge >= 0.3 is 11.9 Å². The van der Waals surface area contributed by atoms with Crippen molar-refractivity contribution in [3.63, 3.8) is 0 Å². The predicted molar refractivity (Wildman–Crippen MR) is 81.7 cm³/mol.